The maximum Gasteiger partial charge on any atom is 0.160 e. The van der Waals surface area contributed by atoms with Crippen molar-refractivity contribution >= 4 is 11.9 Å². The van der Waals surface area contributed by atoms with E-state index < -0.39 is 0 Å². The van der Waals surface area contributed by atoms with Crippen molar-refractivity contribution in [1.82, 2.24) is 14.6 Å². The van der Waals surface area contributed by atoms with Crippen LogP contribution in [0.5, 0.6) is 0 Å². The van der Waals surface area contributed by atoms with Gasteiger partial charge in [0.2, 0.25) is 0 Å². The number of hydrogen-bond donors (Lipinski definition) is 0. The summed E-state index contributed by atoms with van der Waals surface area (Å²) in [5.74, 6) is 1.62. The van der Waals surface area contributed by atoms with E-state index in [1.54, 1.807) is 0 Å². The summed E-state index contributed by atoms with van der Waals surface area (Å²) in [4.78, 5) is 10.4. The third-order valence-corrected chi connectivity index (χ3v) is 2.75. The molecule has 15 heavy (non-hydrogen) atoms. The molecule has 0 atom stereocenters. The third kappa shape index (κ3) is 1.42. The number of hydrogen-bond acceptors (Lipinski definition) is 3. The van der Waals surface area contributed by atoms with E-state index in [0.29, 0.717) is 12.3 Å². The second-order valence-corrected chi connectivity index (χ2v) is 3.97. The van der Waals surface area contributed by atoms with Gasteiger partial charge in [-0.1, -0.05) is 6.07 Å². The Bertz CT molecular complexity index is 514. The Morgan fingerprint density at radius 1 is 1.40 bits per heavy atom. The van der Waals surface area contributed by atoms with Crippen LogP contribution in [0.25, 0.3) is 5.65 Å². The van der Waals surface area contributed by atoms with Crippen LogP contribution >= 0.6 is 0 Å². The van der Waals surface area contributed by atoms with Crippen molar-refractivity contribution in [2.75, 3.05) is 0 Å². The van der Waals surface area contributed by atoms with Crippen molar-refractivity contribution in [2.24, 2.45) is 0 Å². The summed E-state index contributed by atoms with van der Waals surface area (Å²) >= 11 is 0. The largest absolute Gasteiger partial charge is 0.303 e. The molecule has 3 rings (SSSR count). The van der Waals surface area contributed by atoms with Gasteiger partial charge in [-0.3, -0.25) is 4.40 Å². The Balaban J connectivity index is 2.13. The highest BCUT2D eigenvalue weighted by atomic mass is 16.1. The molecular weight excluding hydrogens is 190 g/mol. The Morgan fingerprint density at radius 3 is 3.00 bits per heavy atom. The lowest BCUT2D eigenvalue weighted by molar-refractivity contribution is -0.107. The van der Waals surface area contributed by atoms with Gasteiger partial charge in [0.25, 0.3) is 0 Å². The van der Waals surface area contributed by atoms with Gasteiger partial charge < -0.3 is 4.79 Å². The lowest BCUT2D eigenvalue weighted by Gasteiger charge is -1.99. The van der Waals surface area contributed by atoms with Crippen molar-refractivity contribution in [3.8, 4) is 0 Å². The summed E-state index contributed by atoms with van der Waals surface area (Å²) in [6.45, 7) is 0. The summed E-state index contributed by atoms with van der Waals surface area (Å²) in [5.41, 5.74) is 1.88. The zero-order valence-electron chi connectivity index (χ0n) is 8.26. The number of aldehydes is 1. The summed E-state index contributed by atoms with van der Waals surface area (Å²) in [5, 5.41) is 8.29. The third-order valence-electron chi connectivity index (χ3n) is 2.75. The molecule has 76 valence electrons. The van der Waals surface area contributed by atoms with Crippen LogP contribution in [0.2, 0.25) is 0 Å². The molecule has 2 heterocycles. The smallest absolute Gasteiger partial charge is 0.160 e. The number of carbonyl (C=O) groups is 1. The first-order valence-electron chi connectivity index (χ1n) is 5.15. The van der Waals surface area contributed by atoms with Gasteiger partial charge >= 0.3 is 0 Å². The maximum atomic E-state index is 10.4. The molecule has 0 radical (unpaired) electrons. The molecular formula is C11H11N3O. The first-order chi connectivity index (χ1) is 7.38. The predicted octanol–water partition coefficient (Wildman–Crippen LogP) is 1.35. The molecule has 4 heteroatoms. The number of carbonyl (C=O) groups excluding carboxylic acids is 1. The summed E-state index contributed by atoms with van der Waals surface area (Å²) in [7, 11) is 0. The van der Waals surface area contributed by atoms with Crippen LogP contribution in [0.3, 0.4) is 0 Å². The van der Waals surface area contributed by atoms with Crippen LogP contribution in [0, 0.1) is 0 Å². The van der Waals surface area contributed by atoms with Crippen LogP contribution in [-0.4, -0.2) is 20.9 Å². The molecule has 0 bridgehead atoms. The van der Waals surface area contributed by atoms with Crippen molar-refractivity contribution in [1.29, 1.82) is 0 Å². The quantitative estimate of drug-likeness (QED) is 0.704. The van der Waals surface area contributed by atoms with E-state index in [0.717, 1.165) is 23.3 Å². The molecule has 0 amide bonds. The van der Waals surface area contributed by atoms with Crippen LogP contribution in [0.4, 0.5) is 0 Å². The molecule has 1 saturated carbocycles. The summed E-state index contributed by atoms with van der Waals surface area (Å²) in [6, 6.07) is 3.84. The van der Waals surface area contributed by atoms with Crippen molar-refractivity contribution in [3.63, 3.8) is 0 Å². The minimum atomic E-state index is 0.457. The molecule has 0 aromatic carbocycles. The summed E-state index contributed by atoms with van der Waals surface area (Å²) < 4.78 is 2.01. The average Bonchev–Trinajstić information content (AvgIpc) is 3.00. The zero-order valence-corrected chi connectivity index (χ0v) is 8.26. The number of pyridine rings is 1. The number of fused-ring (bicyclic) bond motifs is 1. The van der Waals surface area contributed by atoms with Crippen LogP contribution < -0.4 is 0 Å². The Hall–Kier alpha value is -1.71. The molecule has 1 fully saturated rings. The Morgan fingerprint density at radius 2 is 2.27 bits per heavy atom. The first-order valence-corrected chi connectivity index (χ1v) is 5.15. The molecule has 0 N–H and O–H groups in total. The minimum absolute atomic E-state index is 0.457. The van der Waals surface area contributed by atoms with Gasteiger partial charge in [-0.05, 0) is 24.5 Å². The van der Waals surface area contributed by atoms with E-state index in [4.69, 9.17) is 0 Å². The predicted molar refractivity (Wildman–Crippen MR) is 54.7 cm³/mol. The van der Waals surface area contributed by atoms with E-state index in [2.05, 4.69) is 10.2 Å². The fourth-order valence-electron chi connectivity index (χ4n) is 1.79. The first kappa shape index (κ1) is 8.59. The molecule has 1 aliphatic rings. The van der Waals surface area contributed by atoms with Gasteiger partial charge in [0.1, 0.15) is 12.1 Å². The normalized spacial score (nSPS) is 15.7. The van der Waals surface area contributed by atoms with E-state index in [-0.39, 0.29) is 0 Å². The van der Waals surface area contributed by atoms with Crippen molar-refractivity contribution in [2.45, 2.75) is 25.2 Å². The highest BCUT2D eigenvalue weighted by Crippen LogP contribution is 2.38. The highest BCUT2D eigenvalue weighted by molar-refractivity contribution is 5.55. The van der Waals surface area contributed by atoms with Crippen LogP contribution in [0.15, 0.2) is 18.3 Å². The molecule has 2 aromatic rings. The fourth-order valence-corrected chi connectivity index (χ4v) is 1.79. The lowest BCUT2D eigenvalue weighted by atomic mass is 10.2. The zero-order chi connectivity index (χ0) is 10.3. The van der Waals surface area contributed by atoms with E-state index in [9.17, 15) is 4.79 Å². The molecule has 0 aliphatic heterocycles. The molecule has 0 saturated heterocycles. The van der Waals surface area contributed by atoms with E-state index >= 15 is 0 Å². The number of nitrogens with zero attached hydrogens (tertiary/aromatic N) is 3. The molecule has 0 unspecified atom stereocenters. The fraction of sp³-hybridized carbons (Fsp3) is 0.364. The van der Waals surface area contributed by atoms with Crippen molar-refractivity contribution in [3.05, 3.63) is 29.7 Å². The van der Waals surface area contributed by atoms with Gasteiger partial charge in [0, 0.05) is 18.5 Å². The van der Waals surface area contributed by atoms with Crippen LogP contribution in [0.1, 0.15) is 30.1 Å². The second kappa shape index (κ2) is 3.15. The average molecular weight is 201 g/mol. The second-order valence-electron chi connectivity index (χ2n) is 3.97. The minimum Gasteiger partial charge on any atom is -0.303 e. The lowest BCUT2D eigenvalue weighted by Crippen LogP contribution is -1.95. The maximum absolute atomic E-state index is 10.4. The molecule has 4 nitrogen and oxygen atoms in total. The number of aromatic nitrogens is 3. The Labute approximate surface area is 86.9 Å². The van der Waals surface area contributed by atoms with Gasteiger partial charge in [-0.2, -0.15) is 0 Å². The SMILES string of the molecule is O=CCc1ccc2nnc(C3CC3)n2c1. The van der Waals surface area contributed by atoms with Gasteiger partial charge in [-0.25, -0.2) is 0 Å². The van der Waals surface area contributed by atoms with E-state index in [1.807, 2.05) is 22.7 Å². The monoisotopic (exact) mass is 201 g/mol. The molecule has 2 aromatic heterocycles. The number of rotatable bonds is 3. The molecule has 1 aliphatic carbocycles. The van der Waals surface area contributed by atoms with Gasteiger partial charge in [-0.15, -0.1) is 10.2 Å². The van der Waals surface area contributed by atoms with Crippen LogP contribution in [-0.2, 0) is 11.2 Å². The Kier molecular flexibility index (Phi) is 1.80. The van der Waals surface area contributed by atoms with E-state index in [1.165, 1.54) is 12.8 Å². The standard InChI is InChI=1S/C11H11N3O/c15-6-5-8-1-4-10-12-13-11(9-2-3-9)14(10)7-8/h1,4,6-7,9H,2-3,5H2. The summed E-state index contributed by atoms with van der Waals surface area (Å²) in [6.07, 6.45) is 5.76. The van der Waals surface area contributed by atoms with Crippen molar-refractivity contribution < 1.29 is 4.79 Å². The van der Waals surface area contributed by atoms with Gasteiger partial charge in [0.15, 0.2) is 5.65 Å². The highest BCUT2D eigenvalue weighted by Gasteiger charge is 2.28. The van der Waals surface area contributed by atoms with Gasteiger partial charge in [0.05, 0.1) is 0 Å². The molecule has 0 spiro atoms. The topological polar surface area (TPSA) is 47.3 Å².